The second-order valence-electron chi connectivity index (χ2n) is 6.47. The molecule has 0 aliphatic rings. The third-order valence-corrected chi connectivity index (χ3v) is 6.51. The summed E-state index contributed by atoms with van der Waals surface area (Å²) in [6.45, 7) is 4.48. The van der Waals surface area contributed by atoms with E-state index < -0.39 is 7.58 Å². The summed E-state index contributed by atoms with van der Waals surface area (Å²) in [5, 5.41) is 20.0. The lowest BCUT2D eigenvalue weighted by Gasteiger charge is -2.03. The van der Waals surface area contributed by atoms with E-state index in [9.17, 15) is 4.79 Å². The Morgan fingerprint density at radius 3 is 2.53 bits per heavy atom. The Bertz CT molecular complexity index is 1290. The van der Waals surface area contributed by atoms with E-state index in [-0.39, 0.29) is 17.7 Å². The lowest BCUT2D eigenvalue weighted by atomic mass is 10.1. The first-order valence-electron chi connectivity index (χ1n) is 9.81. The lowest BCUT2D eigenvalue weighted by molar-refractivity contribution is -0.176. The summed E-state index contributed by atoms with van der Waals surface area (Å²) in [5.74, 6) is 0.430. The average Bonchev–Trinajstić information content (AvgIpc) is 3.41. The number of imidazole rings is 2. The molecule has 14 heteroatoms. The van der Waals surface area contributed by atoms with E-state index in [1.165, 1.54) is 9.96 Å². The van der Waals surface area contributed by atoms with Crippen molar-refractivity contribution in [1.82, 2.24) is 23.9 Å². The van der Waals surface area contributed by atoms with Gasteiger partial charge in [0.1, 0.15) is 0 Å². The highest BCUT2D eigenvalue weighted by Crippen LogP contribution is 2.41. The second-order valence-corrected chi connectivity index (χ2v) is 9.26. The summed E-state index contributed by atoms with van der Waals surface area (Å²) in [4.78, 5) is 24.7. The van der Waals surface area contributed by atoms with Crippen LogP contribution >= 0.6 is 35.8 Å². The number of nitrogens with zero attached hydrogens (tertiary/aromatic N) is 4. The van der Waals surface area contributed by atoms with Gasteiger partial charge in [0.15, 0.2) is 15.9 Å². The number of nitrogens with one attached hydrogen (secondary N) is 1. The van der Waals surface area contributed by atoms with Crippen LogP contribution < -0.4 is 5.56 Å². The molecule has 0 fully saturated rings. The van der Waals surface area contributed by atoms with E-state index in [1.807, 2.05) is 38.1 Å². The molecule has 4 rings (SSSR count). The van der Waals surface area contributed by atoms with E-state index in [0.29, 0.717) is 22.8 Å². The van der Waals surface area contributed by atoms with Crippen molar-refractivity contribution in [2.24, 2.45) is 0 Å². The maximum Gasteiger partial charge on any atom is 0.287 e. The Labute approximate surface area is 209 Å². The summed E-state index contributed by atoms with van der Waals surface area (Å²) in [6.07, 6.45) is 4.89. The normalized spacial score (nSPS) is 11.9. The summed E-state index contributed by atoms with van der Waals surface area (Å²) < 4.78 is 13.1. The van der Waals surface area contributed by atoms with Crippen molar-refractivity contribution in [2.45, 2.75) is 13.8 Å². The van der Waals surface area contributed by atoms with Crippen LogP contribution in [0.1, 0.15) is 12.5 Å². The van der Waals surface area contributed by atoms with Gasteiger partial charge >= 0.3 is 0 Å². The molecule has 0 radical (unpaired) electrons. The molecule has 0 aliphatic heterocycles. The summed E-state index contributed by atoms with van der Waals surface area (Å²) in [6, 6.07) is 8.01. The fraction of sp³-hybridized carbons (Fsp3) is 0.250. The minimum Gasteiger partial charge on any atom is -0.392 e. The van der Waals surface area contributed by atoms with E-state index >= 15 is 0 Å². The van der Waals surface area contributed by atoms with Crippen molar-refractivity contribution in [1.29, 1.82) is 0 Å². The second kappa shape index (κ2) is 13.7. The van der Waals surface area contributed by atoms with Crippen LogP contribution in [0.3, 0.4) is 0 Å². The van der Waals surface area contributed by atoms with Crippen molar-refractivity contribution in [3.63, 3.8) is 0 Å². The first-order valence-corrected chi connectivity index (χ1v) is 12.9. The fourth-order valence-electron chi connectivity index (χ4n) is 2.83. The molecule has 0 saturated carbocycles. The molecular weight excluding hydrogens is 549 g/mol. The Kier molecular flexibility index (Phi) is 11.4. The topological polar surface area (TPSA) is 150 Å². The highest BCUT2D eigenvalue weighted by atomic mass is 79.9. The number of fused-ring (bicyclic) bond motifs is 2. The molecule has 5 N–H and O–H groups in total. The number of rotatable bonds is 6. The molecule has 1 unspecified atom stereocenters. The first-order chi connectivity index (χ1) is 16.4. The summed E-state index contributed by atoms with van der Waals surface area (Å²) >= 11 is 7.24. The van der Waals surface area contributed by atoms with Crippen molar-refractivity contribution >= 4 is 58.9 Å². The Morgan fingerprint density at radius 1 is 1.29 bits per heavy atom. The van der Waals surface area contributed by atoms with Crippen LogP contribution in [0.5, 0.6) is 0 Å². The van der Waals surface area contributed by atoms with Crippen LogP contribution in [0.15, 0.2) is 46.1 Å². The minimum absolute atomic E-state index is 0.118. The number of hydrogen-bond acceptors (Lipinski definition) is 8. The largest absolute Gasteiger partial charge is 0.392 e. The number of aromatic nitrogens is 5. The predicted molar refractivity (Wildman–Crippen MR) is 140 cm³/mol. The van der Waals surface area contributed by atoms with Gasteiger partial charge in [0.2, 0.25) is 13.4 Å². The number of aliphatic hydroxyl groups excluding tert-OH is 1. The standard InChI is InChI=1S/C17H14BrN5O2.C3H9O2PS.H2O2/c1-10-3-5-11(6-4-10)12-9-23-15(25)13-14(21-17(23)19-12)22(7-2-8-24)16(18)20-13;1-3-5-6(7)4-2;1-2/h2-7,9,24H,8H2,1H3,(H,19,21);7H,3H2,1-2H3;1-2H/p+1. The third-order valence-electron chi connectivity index (χ3n) is 4.33. The van der Waals surface area contributed by atoms with Gasteiger partial charge in [0, 0.05) is 19.5 Å². The van der Waals surface area contributed by atoms with Crippen LogP contribution in [-0.4, -0.2) is 59.9 Å². The Balaban J connectivity index is 0.000000393. The van der Waals surface area contributed by atoms with Crippen molar-refractivity contribution in [3.8, 4) is 11.3 Å². The number of aliphatic hydroxyl groups is 1. The number of benzene rings is 1. The van der Waals surface area contributed by atoms with Gasteiger partial charge in [-0.2, -0.15) is 4.98 Å². The number of thiol groups is 1. The van der Waals surface area contributed by atoms with E-state index in [2.05, 4.69) is 43.1 Å². The maximum absolute atomic E-state index is 12.8. The monoisotopic (exact) mass is 574 g/mol. The molecule has 11 nitrogen and oxygen atoms in total. The van der Waals surface area contributed by atoms with Crippen LogP contribution in [0.25, 0.3) is 34.4 Å². The number of H-pyrrole nitrogens is 1. The van der Waals surface area contributed by atoms with Gasteiger partial charge in [-0.05, 0) is 41.4 Å². The maximum atomic E-state index is 12.8. The molecule has 0 amide bonds. The zero-order chi connectivity index (χ0) is 25.3. The van der Waals surface area contributed by atoms with E-state index in [1.54, 1.807) is 30.1 Å². The van der Waals surface area contributed by atoms with Crippen LogP contribution in [0, 0.1) is 6.92 Å². The number of hydrogen-bond donors (Lipinski definition) is 4. The summed E-state index contributed by atoms with van der Waals surface area (Å²) in [5.41, 5.74) is 3.34. The van der Waals surface area contributed by atoms with Gasteiger partial charge in [0.05, 0.1) is 18.9 Å². The van der Waals surface area contributed by atoms with E-state index in [4.69, 9.17) is 24.7 Å². The molecular formula is C20H26BrN5O6PS+. The van der Waals surface area contributed by atoms with E-state index in [0.717, 1.165) is 11.3 Å². The van der Waals surface area contributed by atoms with Crippen LogP contribution in [0.2, 0.25) is 0 Å². The minimum atomic E-state index is -0.884. The molecule has 3 aromatic heterocycles. The molecule has 1 atom stereocenters. The molecule has 0 spiro atoms. The molecule has 1 aromatic carbocycles. The third kappa shape index (κ3) is 6.74. The highest BCUT2D eigenvalue weighted by Gasteiger charge is 2.16. The predicted octanol–water partition coefficient (Wildman–Crippen LogP) is 3.58. The molecule has 0 bridgehead atoms. The van der Waals surface area contributed by atoms with Crippen molar-refractivity contribution in [2.75, 3.05) is 20.3 Å². The van der Waals surface area contributed by atoms with Gasteiger partial charge in [0.25, 0.3) is 5.56 Å². The smallest absolute Gasteiger partial charge is 0.287 e. The fourth-order valence-corrected chi connectivity index (χ4v) is 3.97. The van der Waals surface area contributed by atoms with Crippen molar-refractivity contribution in [3.05, 3.63) is 57.2 Å². The lowest BCUT2D eigenvalue weighted by Crippen LogP contribution is -2.13. The van der Waals surface area contributed by atoms with Gasteiger partial charge in [-0.1, -0.05) is 42.1 Å². The Morgan fingerprint density at radius 2 is 1.97 bits per heavy atom. The van der Waals surface area contributed by atoms with Gasteiger partial charge in [-0.15, -0.1) is 5.26 Å². The van der Waals surface area contributed by atoms with Gasteiger partial charge in [-0.25, -0.2) is 9.38 Å². The highest BCUT2D eigenvalue weighted by molar-refractivity contribution is 9.10. The molecule has 3 heterocycles. The van der Waals surface area contributed by atoms with Gasteiger partial charge in [-0.3, -0.25) is 14.6 Å². The zero-order valence-corrected chi connectivity index (χ0v) is 22.0. The average molecular weight is 575 g/mol. The Hall–Kier alpha value is -2.09. The molecule has 34 heavy (non-hydrogen) atoms. The molecule has 0 aliphatic carbocycles. The summed E-state index contributed by atoms with van der Waals surface area (Å²) in [7, 11) is 0.694. The number of aryl methyl sites for hydroxylation is 1. The van der Waals surface area contributed by atoms with Gasteiger partial charge < -0.3 is 19.1 Å². The van der Waals surface area contributed by atoms with Crippen molar-refractivity contribution < 1.29 is 24.7 Å². The van der Waals surface area contributed by atoms with Crippen LogP contribution in [0.4, 0.5) is 0 Å². The SMILES string of the molecule is CCOP(S)OC.Cc1ccc(-c2cn3c(=O)c4nc(Br)n(C=CCO)c4nc3[nH]2)cc1.O[OH2+]. The van der Waals surface area contributed by atoms with Crippen LogP contribution in [-0.2, 0) is 9.05 Å². The molecule has 0 saturated heterocycles. The molecule has 184 valence electrons. The number of aromatic amines is 1. The molecule has 4 aromatic rings. The zero-order valence-electron chi connectivity index (χ0n) is 18.6. The quantitative estimate of drug-likeness (QED) is 0.0686. The first kappa shape index (κ1) is 28.1. The number of halogens is 1.